The van der Waals surface area contributed by atoms with E-state index >= 15 is 0 Å². The number of morpholine rings is 1. The van der Waals surface area contributed by atoms with Crippen molar-refractivity contribution in [3.8, 4) is 0 Å². The maximum absolute atomic E-state index is 13.1. The average molecular weight is 515 g/mol. The summed E-state index contributed by atoms with van der Waals surface area (Å²) >= 11 is 0. The third-order valence-corrected chi connectivity index (χ3v) is 6.50. The number of carbonyl (C=O) groups is 2. The van der Waals surface area contributed by atoms with Crippen molar-refractivity contribution in [1.82, 2.24) is 24.9 Å². The third kappa shape index (κ3) is 5.14. The highest BCUT2D eigenvalue weighted by atomic mass is 16.5. The first-order chi connectivity index (χ1) is 18.4. The van der Waals surface area contributed by atoms with Gasteiger partial charge in [0, 0.05) is 49.0 Å². The highest BCUT2D eigenvalue weighted by Gasteiger charge is 2.19. The maximum atomic E-state index is 13.1. The standard InChI is InChI=1S/C27H30N8O3/c1-4-28-27(37)21-15-35-24(18(21)3)25(30-16-31-35)33-22-14-20(6-5-17(22)2)32-26(36)19-7-8-29-23(13-19)34-9-11-38-12-10-34/h5-8,13-16H,4,9-12H2,1-3H3,(H,28,37)(H,32,36)(H,30,31,33). The van der Waals surface area contributed by atoms with E-state index in [0.29, 0.717) is 47.9 Å². The Hall–Kier alpha value is -4.51. The van der Waals surface area contributed by atoms with Crippen molar-refractivity contribution in [2.24, 2.45) is 0 Å². The molecule has 1 aromatic carbocycles. The monoisotopic (exact) mass is 514 g/mol. The van der Waals surface area contributed by atoms with E-state index in [1.807, 2.05) is 39.0 Å². The summed E-state index contributed by atoms with van der Waals surface area (Å²) in [5.74, 6) is 0.934. The Bertz CT molecular complexity index is 1490. The molecule has 0 unspecified atom stereocenters. The number of amides is 2. The summed E-state index contributed by atoms with van der Waals surface area (Å²) in [5, 5.41) is 13.4. The van der Waals surface area contributed by atoms with Crippen molar-refractivity contribution in [3.05, 3.63) is 71.3 Å². The van der Waals surface area contributed by atoms with Crippen molar-refractivity contribution >= 4 is 40.3 Å². The lowest BCUT2D eigenvalue weighted by Gasteiger charge is -2.27. The van der Waals surface area contributed by atoms with Gasteiger partial charge in [-0.05, 0) is 56.2 Å². The topological polar surface area (TPSA) is 126 Å². The van der Waals surface area contributed by atoms with Crippen LogP contribution in [0.1, 0.15) is 38.8 Å². The molecular weight excluding hydrogens is 484 g/mol. The SMILES string of the molecule is CCNC(=O)c1cn2ncnc(Nc3cc(NC(=O)c4ccnc(N5CCOCC5)c4)ccc3C)c2c1C. The van der Waals surface area contributed by atoms with Gasteiger partial charge in [0.1, 0.15) is 17.7 Å². The Labute approximate surface area is 220 Å². The fourth-order valence-corrected chi connectivity index (χ4v) is 4.43. The van der Waals surface area contributed by atoms with E-state index in [1.54, 1.807) is 29.0 Å². The number of ether oxygens (including phenoxy) is 1. The second-order valence-corrected chi connectivity index (χ2v) is 9.04. The zero-order valence-corrected chi connectivity index (χ0v) is 21.6. The first-order valence-corrected chi connectivity index (χ1v) is 12.5. The lowest BCUT2D eigenvalue weighted by atomic mass is 10.1. The lowest BCUT2D eigenvalue weighted by Crippen LogP contribution is -2.36. The fourth-order valence-electron chi connectivity index (χ4n) is 4.43. The normalized spacial score (nSPS) is 13.4. The zero-order chi connectivity index (χ0) is 26.6. The number of carbonyl (C=O) groups excluding carboxylic acids is 2. The van der Waals surface area contributed by atoms with E-state index in [0.717, 1.165) is 35.7 Å². The minimum atomic E-state index is -0.227. The fraction of sp³-hybridized carbons (Fsp3) is 0.296. The first kappa shape index (κ1) is 25.2. The first-order valence-electron chi connectivity index (χ1n) is 12.5. The minimum absolute atomic E-state index is 0.157. The summed E-state index contributed by atoms with van der Waals surface area (Å²) in [7, 11) is 0. The summed E-state index contributed by atoms with van der Waals surface area (Å²) in [6, 6.07) is 9.14. The molecule has 3 aromatic heterocycles. The van der Waals surface area contributed by atoms with Gasteiger partial charge in [0.25, 0.3) is 11.8 Å². The minimum Gasteiger partial charge on any atom is -0.378 e. The number of nitrogens with zero attached hydrogens (tertiary/aromatic N) is 5. The molecule has 0 saturated carbocycles. The number of aromatic nitrogens is 4. The molecule has 196 valence electrons. The van der Waals surface area contributed by atoms with E-state index in [4.69, 9.17) is 4.74 Å². The molecule has 1 fully saturated rings. The second-order valence-electron chi connectivity index (χ2n) is 9.04. The number of benzene rings is 1. The summed E-state index contributed by atoms with van der Waals surface area (Å²) in [4.78, 5) is 36.5. The van der Waals surface area contributed by atoms with Gasteiger partial charge in [-0.3, -0.25) is 9.59 Å². The van der Waals surface area contributed by atoms with Crippen molar-refractivity contribution in [3.63, 3.8) is 0 Å². The Morgan fingerprint density at radius 3 is 2.66 bits per heavy atom. The van der Waals surface area contributed by atoms with Gasteiger partial charge < -0.3 is 25.6 Å². The number of fused-ring (bicyclic) bond motifs is 1. The van der Waals surface area contributed by atoms with Crippen LogP contribution in [0.15, 0.2) is 49.1 Å². The Balaban J connectivity index is 1.38. The van der Waals surface area contributed by atoms with E-state index < -0.39 is 0 Å². The highest BCUT2D eigenvalue weighted by Crippen LogP contribution is 2.29. The van der Waals surface area contributed by atoms with Gasteiger partial charge in [-0.2, -0.15) is 5.10 Å². The van der Waals surface area contributed by atoms with Gasteiger partial charge in [0.2, 0.25) is 0 Å². The molecule has 0 spiro atoms. The van der Waals surface area contributed by atoms with Crippen LogP contribution >= 0.6 is 0 Å². The molecule has 1 aliphatic heterocycles. The summed E-state index contributed by atoms with van der Waals surface area (Å²) in [6.45, 7) is 9.03. The molecule has 0 radical (unpaired) electrons. The van der Waals surface area contributed by atoms with E-state index in [2.05, 4.69) is 35.9 Å². The van der Waals surface area contributed by atoms with Gasteiger partial charge >= 0.3 is 0 Å². The van der Waals surface area contributed by atoms with Gasteiger partial charge in [0.05, 0.1) is 18.8 Å². The van der Waals surface area contributed by atoms with Crippen molar-refractivity contribution in [1.29, 1.82) is 0 Å². The molecule has 0 atom stereocenters. The summed E-state index contributed by atoms with van der Waals surface area (Å²) < 4.78 is 7.06. The number of hydrogen-bond acceptors (Lipinski definition) is 8. The number of nitrogens with one attached hydrogen (secondary N) is 3. The number of anilines is 4. The largest absolute Gasteiger partial charge is 0.378 e. The van der Waals surface area contributed by atoms with Crippen LogP contribution in [0.5, 0.6) is 0 Å². The van der Waals surface area contributed by atoms with Crippen LogP contribution in [-0.4, -0.2) is 64.2 Å². The highest BCUT2D eigenvalue weighted by molar-refractivity contribution is 6.05. The van der Waals surface area contributed by atoms with E-state index in [1.165, 1.54) is 6.33 Å². The molecular formula is C27H30N8O3. The maximum Gasteiger partial charge on any atom is 0.255 e. The van der Waals surface area contributed by atoms with Gasteiger partial charge in [-0.15, -0.1) is 0 Å². The second kappa shape index (κ2) is 10.9. The number of hydrogen-bond donors (Lipinski definition) is 3. The van der Waals surface area contributed by atoms with Crippen molar-refractivity contribution in [2.75, 3.05) is 48.4 Å². The number of pyridine rings is 1. The molecule has 38 heavy (non-hydrogen) atoms. The van der Waals surface area contributed by atoms with Gasteiger partial charge in [0.15, 0.2) is 5.82 Å². The molecule has 1 saturated heterocycles. The molecule has 0 aliphatic carbocycles. The van der Waals surface area contributed by atoms with Crippen LogP contribution in [-0.2, 0) is 4.74 Å². The summed E-state index contributed by atoms with van der Waals surface area (Å²) in [6.07, 6.45) is 4.79. The molecule has 5 rings (SSSR count). The zero-order valence-electron chi connectivity index (χ0n) is 21.6. The number of aryl methyl sites for hydroxylation is 2. The predicted octanol–water partition coefficient (Wildman–Crippen LogP) is 3.32. The van der Waals surface area contributed by atoms with Gasteiger partial charge in [-0.25, -0.2) is 14.5 Å². The average Bonchev–Trinajstić information content (AvgIpc) is 3.28. The Kier molecular flexibility index (Phi) is 7.18. The van der Waals surface area contributed by atoms with Crippen LogP contribution in [0.25, 0.3) is 5.52 Å². The van der Waals surface area contributed by atoms with E-state index in [9.17, 15) is 9.59 Å². The van der Waals surface area contributed by atoms with E-state index in [-0.39, 0.29) is 11.8 Å². The van der Waals surface area contributed by atoms with Gasteiger partial charge in [-0.1, -0.05) is 6.07 Å². The molecule has 4 aromatic rings. The quantitative estimate of drug-likeness (QED) is 0.343. The summed E-state index contributed by atoms with van der Waals surface area (Å²) in [5.41, 5.74) is 4.91. The van der Waals surface area contributed by atoms with Crippen LogP contribution < -0.4 is 20.9 Å². The number of rotatable bonds is 7. The molecule has 2 amide bonds. The molecule has 11 heteroatoms. The predicted molar refractivity (Wildman–Crippen MR) is 145 cm³/mol. The van der Waals surface area contributed by atoms with Crippen molar-refractivity contribution < 1.29 is 14.3 Å². The molecule has 3 N–H and O–H groups in total. The Morgan fingerprint density at radius 2 is 1.87 bits per heavy atom. The van der Waals surface area contributed by atoms with Crippen LogP contribution in [0.3, 0.4) is 0 Å². The molecule has 4 heterocycles. The molecule has 1 aliphatic rings. The Morgan fingerprint density at radius 1 is 1.05 bits per heavy atom. The third-order valence-electron chi connectivity index (χ3n) is 6.50. The smallest absolute Gasteiger partial charge is 0.255 e. The van der Waals surface area contributed by atoms with Crippen LogP contribution in [0.4, 0.5) is 23.0 Å². The lowest BCUT2D eigenvalue weighted by molar-refractivity contribution is 0.0954. The van der Waals surface area contributed by atoms with Crippen molar-refractivity contribution in [2.45, 2.75) is 20.8 Å². The van der Waals surface area contributed by atoms with Crippen LogP contribution in [0, 0.1) is 13.8 Å². The molecule has 11 nitrogen and oxygen atoms in total. The van der Waals surface area contributed by atoms with Crippen LogP contribution in [0.2, 0.25) is 0 Å². The molecule has 0 bridgehead atoms.